The van der Waals surface area contributed by atoms with Crippen LogP contribution in [0.25, 0.3) is 5.65 Å². The molecule has 1 saturated heterocycles. The van der Waals surface area contributed by atoms with Crippen molar-refractivity contribution in [1.29, 1.82) is 0 Å². The van der Waals surface area contributed by atoms with E-state index in [0.717, 1.165) is 19.3 Å². The lowest BCUT2D eigenvalue weighted by molar-refractivity contribution is -0.0339. The second kappa shape index (κ2) is 11.5. The van der Waals surface area contributed by atoms with E-state index in [0.29, 0.717) is 25.9 Å². The monoisotopic (exact) mass is 567 g/mol. The van der Waals surface area contributed by atoms with Crippen molar-refractivity contribution in [2.24, 2.45) is 0 Å². The molecule has 0 bridgehead atoms. The van der Waals surface area contributed by atoms with Gasteiger partial charge < -0.3 is 25.2 Å². The molecular weight excluding hydrogens is 530 g/mol. The van der Waals surface area contributed by atoms with Crippen molar-refractivity contribution in [3.8, 4) is 0 Å². The number of aliphatic hydroxyl groups excluding tert-OH is 1. The molecule has 1 unspecified atom stereocenters. The molecule has 4 heterocycles. The number of rotatable bonds is 6. The molecule has 2 amide bonds. The number of anilines is 3. The summed E-state index contributed by atoms with van der Waals surface area (Å²) in [6.45, 7) is 5.89. The molecule has 3 atom stereocenters. The first kappa shape index (κ1) is 28.6. The number of amides is 2. The molecule has 1 saturated carbocycles. The van der Waals surface area contributed by atoms with Gasteiger partial charge in [-0.2, -0.15) is 9.61 Å². The summed E-state index contributed by atoms with van der Waals surface area (Å²) in [6, 6.07) is 4.79. The summed E-state index contributed by atoms with van der Waals surface area (Å²) in [7, 11) is 1.53. The van der Waals surface area contributed by atoms with Crippen LogP contribution in [0.5, 0.6) is 0 Å². The summed E-state index contributed by atoms with van der Waals surface area (Å²) in [5.41, 5.74) is -0.391. The molecule has 0 aromatic carbocycles. The highest BCUT2D eigenvalue weighted by Gasteiger charge is 2.28. The second-order valence-electron chi connectivity index (χ2n) is 11.6. The van der Waals surface area contributed by atoms with E-state index in [4.69, 9.17) is 9.47 Å². The quantitative estimate of drug-likeness (QED) is 0.407. The second-order valence-corrected chi connectivity index (χ2v) is 11.6. The van der Waals surface area contributed by atoms with E-state index in [1.807, 2.05) is 0 Å². The molecule has 220 valence electrons. The number of aromatic nitrogens is 4. The van der Waals surface area contributed by atoms with Crippen LogP contribution in [-0.4, -0.2) is 67.7 Å². The average molecular weight is 568 g/mol. The van der Waals surface area contributed by atoms with Crippen molar-refractivity contribution >= 4 is 35.0 Å². The van der Waals surface area contributed by atoms with Gasteiger partial charge in [0.25, 0.3) is 11.5 Å². The molecule has 3 aromatic heterocycles. The van der Waals surface area contributed by atoms with Crippen LogP contribution in [0.3, 0.4) is 0 Å². The lowest BCUT2D eigenvalue weighted by atomic mass is 10.2. The summed E-state index contributed by atoms with van der Waals surface area (Å²) in [6.07, 6.45) is 6.10. The summed E-state index contributed by atoms with van der Waals surface area (Å²) in [5.74, 6) is 0.105. The van der Waals surface area contributed by atoms with Gasteiger partial charge in [0.2, 0.25) is 0 Å². The zero-order valence-corrected chi connectivity index (χ0v) is 23.8. The van der Waals surface area contributed by atoms with Gasteiger partial charge in [0.05, 0.1) is 12.3 Å². The van der Waals surface area contributed by atoms with Crippen LogP contribution in [0.1, 0.15) is 75.9 Å². The van der Waals surface area contributed by atoms with Crippen molar-refractivity contribution in [2.75, 3.05) is 23.9 Å². The van der Waals surface area contributed by atoms with Gasteiger partial charge >= 0.3 is 6.09 Å². The van der Waals surface area contributed by atoms with Crippen LogP contribution in [0.4, 0.5) is 22.1 Å². The van der Waals surface area contributed by atoms with E-state index in [-0.39, 0.29) is 46.4 Å². The highest BCUT2D eigenvalue weighted by Crippen LogP contribution is 2.26. The van der Waals surface area contributed by atoms with Crippen LogP contribution in [0.2, 0.25) is 0 Å². The maximum Gasteiger partial charge on any atom is 0.415 e. The SMILES string of the molecule is CN(C(=O)OC(C)(C)C)c1cc(Nc2cccn([C@H]3CCCCO3)c2=O)nc2c(C(=O)NC3CC[C@@H](O)C3)cnn12. The van der Waals surface area contributed by atoms with Crippen molar-refractivity contribution in [2.45, 2.75) is 83.3 Å². The maximum absolute atomic E-state index is 13.4. The molecule has 41 heavy (non-hydrogen) atoms. The van der Waals surface area contributed by atoms with Gasteiger partial charge in [-0.3, -0.25) is 19.1 Å². The van der Waals surface area contributed by atoms with Crippen molar-refractivity contribution in [3.63, 3.8) is 0 Å². The molecule has 13 nitrogen and oxygen atoms in total. The van der Waals surface area contributed by atoms with E-state index in [2.05, 4.69) is 20.7 Å². The Morgan fingerprint density at radius 1 is 1.22 bits per heavy atom. The van der Waals surface area contributed by atoms with E-state index in [1.165, 1.54) is 22.7 Å². The molecule has 2 fully saturated rings. The Labute approximate surface area is 237 Å². The Hall–Kier alpha value is -3.97. The number of hydrogen-bond acceptors (Lipinski definition) is 9. The fraction of sp³-hybridized carbons (Fsp3) is 0.536. The number of carbonyl (C=O) groups excluding carboxylic acids is 2. The fourth-order valence-corrected chi connectivity index (χ4v) is 5.10. The number of hydrogen-bond donors (Lipinski definition) is 3. The average Bonchev–Trinajstić information content (AvgIpc) is 3.54. The summed E-state index contributed by atoms with van der Waals surface area (Å²) in [4.78, 5) is 45.5. The van der Waals surface area contributed by atoms with Gasteiger partial charge in [0.1, 0.15) is 34.7 Å². The smallest absolute Gasteiger partial charge is 0.415 e. The molecule has 2 aliphatic rings. The molecule has 1 aliphatic carbocycles. The number of pyridine rings is 1. The van der Waals surface area contributed by atoms with Crippen LogP contribution in [-0.2, 0) is 9.47 Å². The largest absolute Gasteiger partial charge is 0.443 e. The molecule has 1 aliphatic heterocycles. The van der Waals surface area contributed by atoms with Crippen molar-refractivity contribution in [3.05, 3.63) is 46.5 Å². The number of carbonyl (C=O) groups is 2. The number of aliphatic hydroxyl groups is 1. The highest BCUT2D eigenvalue weighted by atomic mass is 16.6. The number of fused-ring (bicyclic) bond motifs is 1. The Balaban J connectivity index is 1.52. The third kappa shape index (κ3) is 6.35. The number of nitrogens with one attached hydrogen (secondary N) is 2. The Morgan fingerprint density at radius 2 is 2.02 bits per heavy atom. The number of ether oxygens (including phenoxy) is 2. The zero-order valence-electron chi connectivity index (χ0n) is 23.8. The molecule has 13 heteroatoms. The Bertz CT molecular complexity index is 1490. The lowest BCUT2D eigenvalue weighted by Crippen LogP contribution is -2.35. The zero-order chi connectivity index (χ0) is 29.3. The standard InChI is InChI=1S/C28H37N7O6/c1-28(2,3)41-27(39)33(4)22-15-21(31-20-8-7-12-34(26(20)38)23-9-5-6-13-40-23)32-24-19(16-29-35(22)24)25(37)30-17-10-11-18(36)14-17/h7-8,12,15-18,23,36H,5-6,9-11,13-14H2,1-4H3,(H,30,37)(H,31,32)/t17?,18-,23-/m1/s1. The Morgan fingerprint density at radius 3 is 2.71 bits per heavy atom. The predicted molar refractivity (Wildman–Crippen MR) is 152 cm³/mol. The van der Waals surface area contributed by atoms with Crippen molar-refractivity contribution in [1.82, 2.24) is 24.5 Å². The fourth-order valence-electron chi connectivity index (χ4n) is 5.10. The minimum atomic E-state index is -0.740. The van der Waals surface area contributed by atoms with Gasteiger partial charge in [-0.05, 0) is 71.4 Å². The van der Waals surface area contributed by atoms with Gasteiger partial charge in [-0.1, -0.05) is 0 Å². The lowest BCUT2D eigenvalue weighted by Gasteiger charge is -2.25. The first-order valence-electron chi connectivity index (χ1n) is 13.9. The van der Waals surface area contributed by atoms with Crippen molar-refractivity contribution < 1.29 is 24.2 Å². The summed E-state index contributed by atoms with van der Waals surface area (Å²) in [5, 5.41) is 20.2. The van der Waals surface area contributed by atoms with E-state index < -0.39 is 23.7 Å². The first-order valence-corrected chi connectivity index (χ1v) is 13.9. The van der Waals surface area contributed by atoms with E-state index >= 15 is 0 Å². The number of nitrogens with zero attached hydrogens (tertiary/aromatic N) is 5. The van der Waals surface area contributed by atoms with Crippen LogP contribution >= 0.6 is 0 Å². The normalized spacial score (nSPS) is 21.0. The highest BCUT2D eigenvalue weighted by molar-refractivity contribution is 6.00. The molecule has 3 aromatic rings. The van der Waals surface area contributed by atoms with Gasteiger partial charge in [-0.25, -0.2) is 9.78 Å². The Kier molecular flexibility index (Phi) is 8.00. The molecular formula is C28H37N7O6. The van der Waals surface area contributed by atoms with E-state index in [9.17, 15) is 19.5 Å². The molecule has 3 N–H and O–H groups in total. The van der Waals surface area contributed by atoms with Crippen LogP contribution < -0.4 is 21.1 Å². The van der Waals surface area contributed by atoms with Gasteiger partial charge in [-0.15, -0.1) is 0 Å². The van der Waals surface area contributed by atoms with Gasteiger partial charge in [0.15, 0.2) is 5.65 Å². The summed E-state index contributed by atoms with van der Waals surface area (Å²) < 4.78 is 14.3. The van der Waals surface area contributed by atoms with E-state index in [1.54, 1.807) is 49.7 Å². The topological polar surface area (TPSA) is 152 Å². The molecule has 5 rings (SSSR count). The third-order valence-electron chi connectivity index (χ3n) is 7.15. The molecule has 0 radical (unpaired) electrons. The minimum absolute atomic E-state index is 0.164. The minimum Gasteiger partial charge on any atom is -0.443 e. The first-order chi connectivity index (χ1) is 19.5. The third-order valence-corrected chi connectivity index (χ3v) is 7.15. The van der Waals surface area contributed by atoms with Gasteiger partial charge in [0, 0.05) is 32.0 Å². The maximum atomic E-state index is 13.4. The van der Waals surface area contributed by atoms with Crippen LogP contribution in [0.15, 0.2) is 35.4 Å². The summed E-state index contributed by atoms with van der Waals surface area (Å²) >= 11 is 0. The predicted octanol–water partition coefficient (Wildman–Crippen LogP) is 3.35. The molecule has 0 spiro atoms. The van der Waals surface area contributed by atoms with Crippen LogP contribution in [0, 0.1) is 0 Å².